The normalized spacial score (nSPS) is 10.8. The number of nitrogens with zero attached hydrogens (tertiary/aromatic N) is 1. The molecule has 0 saturated heterocycles. The van der Waals surface area contributed by atoms with Crippen LogP contribution in [0.3, 0.4) is 0 Å². The molecule has 5 heteroatoms. The van der Waals surface area contributed by atoms with Crippen molar-refractivity contribution < 1.29 is 9.53 Å². The summed E-state index contributed by atoms with van der Waals surface area (Å²) in [5.41, 5.74) is 5.42. The van der Waals surface area contributed by atoms with Crippen molar-refractivity contribution in [2.75, 3.05) is 39.3 Å². The van der Waals surface area contributed by atoms with Crippen molar-refractivity contribution >= 4 is 6.41 Å². The second kappa shape index (κ2) is 12.8. The third-order valence-electron chi connectivity index (χ3n) is 2.04. The number of nitrogens with two attached hydrogens (primary N) is 1. The summed E-state index contributed by atoms with van der Waals surface area (Å²) in [6.45, 7) is 14.5. The first-order chi connectivity index (χ1) is 8.49. The number of ether oxygens (including phenoxy) is 1. The maximum atomic E-state index is 10.1. The monoisotopic (exact) mass is 261 g/mol. The van der Waals surface area contributed by atoms with E-state index in [4.69, 9.17) is 10.5 Å². The minimum atomic E-state index is -0.102. The molecule has 0 atom stereocenters. The van der Waals surface area contributed by atoms with E-state index < -0.39 is 0 Å². The maximum absolute atomic E-state index is 10.1. The predicted octanol–water partition coefficient (Wildman–Crippen LogP) is 0.834. The average Bonchev–Trinajstić information content (AvgIpc) is 2.30. The lowest BCUT2D eigenvalue weighted by Crippen LogP contribution is -2.38. The van der Waals surface area contributed by atoms with Gasteiger partial charge in [0.2, 0.25) is 6.41 Å². The van der Waals surface area contributed by atoms with E-state index >= 15 is 0 Å². The molecule has 1 amide bonds. The molecular formula is C13H31N3O2. The third kappa shape index (κ3) is 15.4. The summed E-state index contributed by atoms with van der Waals surface area (Å²) >= 11 is 0. The Kier molecular flexibility index (Phi) is 14.0. The van der Waals surface area contributed by atoms with E-state index in [0.717, 1.165) is 19.6 Å². The molecular weight excluding hydrogens is 230 g/mol. The molecule has 3 N–H and O–H groups in total. The van der Waals surface area contributed by atoms with E-state index in [9.17, 15) is 4.79 Å². The Morgan fingerprint density at radius 1 is 1.22 bits per heavy atom. The second-order valence-corrected chi connectivity index (χ2v) is 4.66. The van der Waals surface area contributed by atoms with Crippen molar-refractivity contribution in [3.8, 4) is 0 Å². The topological polar surface area (TPSA) is 67.6 Å². The number of carbonyl (C=O) groups excluding carboxylic acids is 1. The van der Waals surface area contributed by atoms with E-state index in [2.05, 4.69) is 10.2 Å². The summed E-state index contributed by atoms with van der Waals surface area (Å²) in [6.07, 6.45) is 0.715. The first-order valence-electron chi connectivity index (χ1n) is 6.73. The summed E-state index contributed by atoms with van der Waals surface area (Å²) < 4.78 is 5.64. The summed E-state index contributed by atoms with van der Waals surface area (Å²) in [7, 11) is 0. The molecule has 0 heterocycles. The van der Waals surface area contributed by atoms with Gasteiger partial charge < -0.3 is 15.8 Å². The fourth-order valence-corrected chi connectivity index (χ4v) is 1.28. The SMILES string of the molecule is CC.CC(C)(C)OCCN(CCN)CCNC=O. The number of amides is 1. The van der Waals surface area contributed by atoms with Gasteiger partial charge in [0.15, 0.2) is 0 Å². The van der Waals surface area contributed by atoms with Gasteiger partial charge in [-0.25, -0.2) is 0 Å². The van der Waals surface area contributed by atoms with Gasteiger partial charge in [0.25, 0.3) is 0 Å². The highest BCUT2D eigenvalue weighted by atomic mass is 16.5. The molecule has 0 bridgehead atoms. The Hall–Kier alpha value is -0.650. The minimum absolute atomic E-state index is 0.102. The second-order valence-electron chi connectivity index (χ2n) is 4.66. The van der Waals surface area contributed by atoms with Crippen LogP contribution in [0.2, 0.25) is 0 Å². The van der Waals surface area contributed by atoms with Crippen LogP contribution in [-0.4, -0.2) is 56.2 Å². The van der Waals surface area contributed by atoms with Crippen LogP contribution in [0.4, 0.5) is 0 Å². The molecule has 0 rings (SSSR count). The van der Waals surface area contributed by atoms with Crippen LogP contribution in [0.1, 0.15) is 34.6 Å². The highest BCUT2D eigenvalue weighted by Crippen LogP contribution is 2.05. The van der Waals surface area contributed by atoms with Crippen LogP contribution < -0.4 is 11.1 Å². The van der Waals surface area contributed by atoms with E-state index in [0.29, 0.717) is 26.1 Å². The van der Waals surface area contributed by atoms with Gasteiger partial charge in [-0.05, 0) is 20.8 Å². The standard InChI is InChI=1S/C11H25N3O2.C2H6/c1-11(2,3)16-9-8-14(6-4-12)7-5-13-10-15;1-2/h10H,4-9,12H2,1-3H3,(H,13,15);1-2H3. The van der Waals surface area contributed by atoms with Crippen molar-refractivity contribution in [3.05, 3.63) is 0 Å². The van der Waals surface area contributed by atoms with Gasteiger partial charge in [0.1, 0.15) is 0 Å². The Morgan fingerprint density at radius 3 is 2.28 bits per heavy atom. The van der Waals surface area contributed by atoms with E-state index in [1.54, 1.807) is 0 Å². The van der Waals surface area contributed by atoms with Crippen molar-refractivity contribution in [2.45, 2.75) is 40.2 Å². The molecule has 0 fully saturated rings. The highest BCUT2D eigenvalue weighted by Gasteiger charge is 2.11. The van der Waals surface area contributed by atoms with Crippen LogP contribution >= 0.6 is 0 Å². The lowest BCUT2D eigenvalue weighted by atomic mass is 10.2. The molecule has 0 aliphatic rings. The van der Waals surface area contributed by atoms with E-state index in [1.807, 2.05) is 34.6 Å². The summed E-state index contributed by atoms with van der Waals surface area (Å²) in [5.74, 6) is 0. The Balaban J connectivity index is 0. The summed E-state index contributed by atoms with van der Waals surface area (Å²) in [6, 6.07) is 0. The Labute approximate surface area is 112 Å². The Morgan fingerprint density at radius 2 is 1.83 bits per heavy atom. The molecule has 110 valence electrons. The van der Waals surface area contributed by atoms with Crippen LogP contribution in [0, 0.1) is 0 Å². The lowest BCUT2D eigenvalue weighted by Gasteiger charge is -2.25. The van der Waals surface area contributed by atoms with Gasteiger partial charge in [-0.1, -0.05) is 13.8 Å². The van der Waals surface area contributed by atoms with Crippen LogP contribution in [0.5, 0.6) is 0 Å². The van der Waals surface area contributed by atoms with Crippen LogP contribution in [-0.2, 0) is 9.53 Å². The fraction of sp³-hybridized carbons (Fsp3) is 0.923. The molecule has 5 nitrogen and oxygen atoms in total. The number of hydrogen-bond donors (Lipinski definition) is 2. The third-order valence-corrected chi connectivity index (χ3v) is 2.04. The van der Waals surface area contributed by atoms with Gasteiger partial charge in [-0.3, -0.25) is 9.69 Å². The molecule has 0 aromatic rings. The quantitative estimate of drug-likeness (QED) is 0.477. The van der Waals surface area contributed by atoms with Gasteiger partial charge in [-0.2, -0.15) is 0 Å². The van der Waals surface area contributed by atoms with Crippen molar-refractivity contribution in [1.29, 1.82) is 0 Å². The number of nitrogens with one attached hydrogen (secondary N) is 1. The number of rotatable bonds is 9. The van der Waals surface area contributed by atoms with Gasteiger partial charge in [-0.15, -0.1) is 0 Å². The molecule has 0 aromatic heterocycles. The first-order valence-corrected chi connectivity index (χ1v) is 6.73. The molecule has 0 spiro atoms. The van der Waals surface area contributed by atoms with Crippen molar-refractivity contribution in [2.24, 2.45) is 5.73 Å². The molecule has 0 radical (unpaired) electrons. The van der Waals surface area contributed by atoms with E-state index in [-0.39, 0.29) is 5.60 Å². The van der Waals surface area contributed by atoms with Gasteiger partial charge in [0, 0.05) is 32.7 Å². The zero-order chi connectivity index (χ0) is 14.4. The van der Waals surface area contributed by atoms with Gasteiger partial charge >= 0.3 is 0 Å². The predicted molar refractivity (Wildman–Crippen MR) is 76.6 cm³/mol. The zero-order valence-corrected chi connectivity index (χ0v) is 12.7. The number of hydrogen-bond acceptors (Lipinski definition) is 4. The molecule has 0 saturated carbocycles. The maximum Gasteiger partial charge on any atom is 0.207 e. The van der Waals surface area contributed by atoms with Gasteiger partial charge in [0.05, 0.1) is 12.2 Å². The average molecular weight is 261 g/mol. The van der Waals surface area contributed by atoms with Crippen LogP contribution in [0.25, 0.3) is 0 Å². The highest BCUT2D eigenvalue weighted by molar-refractivity contribution is 5.45. The lowest BCUT2D eigenvalue weighted by molar-refractivity contribution is -0.109. The molecule has 0 aliphatic heterocycles. The fourth-order valence-electron chi connectivity index (χ4n) is 1.28. The largest absolute Gasteiger partial charge is 0.375 e. The molecule has 0 unspecified atom stereocenters. The minimum Gasteiger partial charge on any atom is -0.375 e. The smallest absolute Gasteiger partial charge is 0.207 e. The first kappa shape index (κ1) is 19.7. The summed E-state index contributed by atoms with van der Waals surface area (Å²) in [5, 5.41) is 2.64. The zero-order valence-electron chi connectivity index (χ0n) is 12.7. The molecule has 18 heavy (non-hydrogen) atoms. The van der Waals surface area contributed by atoms with E-state index in [1.165, 1.54) is 0 Å². The molecule has 0 aliphatic carbocycles. The molecule has 0 aromatic carbocycles. The number of carbonyl (C=O) groups is 1. The van der Waals surface area contributed by atoms with Crippen molar-refractivity contribution in [3.63, 3.8) is 0 Å². The Bertz CT molecular complexity index is 182. The van der Waals surface area contributed by atoms with Crippen LogP contribution in [0.15, 0.2) is 0 Å². The van der Waals surface area contributed by atoms with Crippen molar-refractivity contribution in [1.82, 2.24) is 10.2 Å². The summed E-state index contributed by atoms with van der Waals surface area (Å²) in [4.78, 5) is 12.3.